The second-order valence-electron chi connectivity index (χ2n) is 7.40. The zero-order valence-electron chi connectivity index (χ0n) is 15.7. The number of hydrogen-bond donors (Lipinski definition) is 3. The summed E-state index contributed by atoms with van der Waals surface area (Å²) < 4.78 is 55.0. The molecule has 29 heavy (non-hydrogen) atoms. The van der Waals surface area contributed by atoms with Crippen LogP contribution in [0.4, 0.5) is 8.78 Å². The van der Waals surface area contributed by atoms with Crippen LogP contribution in [0.25, 0.3) is 0 Å². The monoisotopic (exact) mass is 423 g/mol. The molecular formula is C19H23F2N5O2S. The van der Waals surface area contributed by atoms with Crippen LogP contribution < -0.4 is 15.6 Å². The highest BCUT2D eigenvalue weighted by Crippen LogP contribution is 2.26. The van der Waals surface area contributed by atoms with Crippen LogP contribution in [0.3, 0.4) is 0 Å². The van der Waals surface area contributed by atoms with Gasteiger partial charge in [0.15, 0.2) is 0 Å². The van der Waals surface area contributed by atoms with Gasteiger partial charge < -0.3 is 0 Å². The van der Waals surface area contributed by atoms with Gasteiger partial charge in [-0.15, -0.1) is 0 Å². The van der Waals surface area contributed by atoms with E-state index in [1.807, 2.05) is 12.1 Å². The third kappa shape index (κ3) is 4.62. The van der Waals surface area contributed by atoms with Gasteiger partial charge in [-0.1, -0.05) is 0 Å². The van der Waals surface area contributed by atoms with E-state index in [9.17, 15) is 17.2 Å². The molecule has 0 radical (unpaired) electrons. The molecule has 2 fully saturated rings. The maximum atomic E-state index is 13.9. The van der Waals surface area contributed by atoms with E-state index in [0.717, 1.165) is 37.1 Å². The molecule has 0 spiro atoms. The van der Waals surface area contributed by atoms with Crippen molar-refractivity contribution < 1.29 is 17.2 Å². The maximum absolute atomic E-state index is 13.9. The van der Waals surface area contributed by atoms with Crippen molar-refractivity contribution in [3.05, 3.63) is 59.9 Å². The molecule has 2 aromatic rings. The lowest BCUT2D eigenvalue weighted by Crippen LogP contribution is -2.54. The number of benzene rings is 1. The van der Waals surface area contributed by atoms with Gasteiger partial charge in [-0.2, -0.15) is 0 Å². The topological polar surface area (TPSA) is 86.4 Å². The van der Waals surface area contributed by atoms with Crippen LogP contribution in [0, 0.1) is 11.6 Å². The Hall–Kier alpha value is -1.98. The molecule has 10 heteroatoms. The second kappa shape index (κ2) is 8.41. The van der Waals surface area contributed by atoms with Crippen LogP contribution in [0.5, 0.6) is 0 Å². The van der Waals surface area contributed by atoms with Crippen LogP contribution in [-0.4, -0.2) is 43.6 Å². The number of piperidine rings is 1. The van der Waals surface area contributed by atoms with Gasteiger partial charge in [0.25, 0.3) is 0 Å². The first-order valence-electron chi connectivity index (χ1n) is 9.55. The van der Waals surface area contributed by atoms with Crippen molar-refractivity contribution in [2.24, 2.45) is 0 Å². The van der Waals surface area contributed by atoms with Crippen molar-refractivity contribution in [2.75, 3.05) is 13.1 Å². The lowest BCUT2D eigenvalue weighted by atomic mass is 10.0. The minimum absolute atomic E-state index is 0.0476. The molecule has 156 valence electrons. The molecule has 2 saturated heterocycles. The molecule has 3 unspecified atom stereocenters. The van der Waals surface area contributed by atoms with Crippen molar-refractivity contribution >= 4 is 10.0 Å². The summed E-state index contributed by atoms with van der Waals surface area (Å²) in [6.07, 6.45) is 5.81. The van der Waals surface area contributed by atoms with Crippen LogP contribution in [-0.2, 0) is 10.0 Å². The molecule has 0 bridgehead atoms. The lowest BCUT2D eigenvalue weighted by molar-refractivity contribution is 0.129. The normalized spacial score (nSPS) is 25.9. The average Bonchev–Trinajstić information content (AvgIpc) is 3.21. The molecular weight excluding hydrogens is 400 g/mol. The van der Waals surface area contributed by atoms with Crippen LogP contribution in [0.1, 0.15) is 30.9 Å². The number of likely N-dealkylation sites (tertiary alicyclic amines) is 1. The number of sulfonamides is 1. The summed E-state index contributed by atoms with van der Waals surface area (Å²) in [6, 6.07) is 6.11. The number of hydrogen-bond acceptors (Lipinski definition) is 6. The van der Waals surface area contributed by atoms with Gasteiger partial charge in [-0.05, 0) is 61.7 Å². The van der Waals surface area contributed by atoms with E-state index in [1.54, 1.807) is 12.4 Å². The Morgan fingerprint density at radius 2 is 1.93 bits per heavy atom. The summed E-state index contributed by atoms with van der Waals surface area (Å²) in [5.41, 5.74) is 7.68. The smallest absolute Gasteiger partial charge is 0.243 e. The van der Waals surface area contributed by atoms with Gasteiger partial charge in [0.2, 0.25) is 10.0 Å². The molecule has 1 aromatic heterocycles. The van der Waals surface area contributed by atoms with Crippen molar-refractivity contribution in [1.82, 2.24) is 25.5 Å². The number of hydrazine groups is 1. The molecule has 3 atom stereocenters. The van der Waals surface area contributed by atoms with E-state index in [-0.39, 0.29) is 18.2 Å². The quantitative estimate of drug-likeness (QED) is 0.678. The first-order chi connectivity index (χ1) is 13.9. The molecule has 1 aromatic carbocycles. The fraction of sp³-hybridized carbons (Fsp3) is 0.421. The largest absolute Gasteiger partial charge is 0.285 e. The van der Waals surface area contributed by atoms with Crippen molar-refractivity contribution in [3.8, 4) is 0 Å². The Morgan fingerprint density at radius 3 is 2.72 bits per heavy atom. The lowest BCUT2D eigenvalue weighted by Gasteiger charge is -2.36. The third-order valence-electron chi connectivity index (χ3n) is 5.39. The van der Waals surface area contributed by atoms with Gasteiger partial charge >= 0.3 is 0 Å². The Labute approximate surface area is 168 Å². The number of halogens is 2. The van der Waals surface area contributed by atoms with Gasteiger partial charge in [0.1, 0.15) is 16.5 Å². The molecule has 0 saturated carbocycles. The highest BCUT2D eigenvalue weighted by atomic mass is 32.2. The zero-order chi connectivity index (χ0) is 20.4. The summed E-state index contributed by atoms with van der Waals surface area (Å²) in [5, 5.41) is 0. The van der Waals surface area contributed by atoms with Crippen LogP contribution in [0.15, 0.2) is 47.6 Å². The third-order valence-corrected chi connectivity index (χ3v) is 6.93. The Balaban J connectivity index is 1.40. The minimum Gasteiger partial charge on any atom is -0.285 e. The van der Waals surface area contributed by atoms with Gasteiger partial charge in [0, 0.05) is 31.0 Å². The van der Waals surface area contributed by atoms with Gasteiger partial charge in [-0.25, -0.2) is 32.8 Å². The molecule has 2 aliphatic heterocycles. The molecule has 0 aliphatic carbocycles. The molecule has 3 heterocycles. The first-order valence-corrected chi connectivity index (χ1v) is 11.0. The predicted octanol–water partition coefficient (Wildman–Crippen LogP) is 1.67. The van der Waals surface area contributed by atoms with E-state index >= 15 is 0 Å². The summed E-state index contributed by atoms with van der Waals surface area (Å²) in [6.45, 7) is 1.31. The average molecular weight is 423 g/mol. The van der Waals surface area contributed by atoms with E-state index < -0.39 is 26.6 Å². The number of aromatic nitrogens is 1. The van der Waals surface area contributed by atoms with E-state index in [4.69, 9.17) is 0 Å². The Bertz CT molecular complexity index is 960. The van der Waals surface area contributed by atoms with E-state index in [1.165, 1.54) is 0 Å². The standard InChI is InChI=1S/C19H23F2N5O2S/c20-14-3-4-16(21)18(10-14)29(27,28)25-15-2-1-9-26(12-15)19-11-17(23-24-19)13-5-7-22-8-6-13/h3-8,10,15,17,19,23-25H,1-2,9,11-12H2. The van der Waals surface area contributed by atoms with E-state index in [0.29, 0.717) is 19.0 Å². The first kappa shape index (κ1) is 20.3. The molecule has 3 N–H and O–H groups in total. The number of nitrogens with one attached hydrogen (secondary N) is 3. The summed E-state index contributed by atoms with van der Waals surface area (Å²) in [7, 11) is -4.15. The van der Waals surface area contributed by atoms with Gasteiger partial charge in [-0.3, -0.25) is 9.88 Å². The molecule has 0 amide bonds. The second-order valence-corrected chi connectivity index (χ2v) is 9.09. The number of nitrogens with zero attached hydrogens (tertiary/aromatic N) is 2. The number of rotatable bonds is 5. The molecule has 2 aliphatic rings. The van der Waals surface area contributed by atoms with Crippen molar-refractivity contribution in [3.63, 3.8) is 0 Å². The fourth-order valence-electron chi connectivity index (χ4n) is 3.95. The Morgan fingerprint density at radius 1 is 1.14 bits per heavy atom. The Kier molecular flexibility index (Phi) is 5.88. The van der Waals surface area contributed by atoms with Crippen molar-refractivity contribution in [2.45, 2.75) is 42.4 Å². The van der Waals surface area contributed by atoms with E-state index in [2.05, 4.69) is 25.5 Å². The summed E-state index contributed by atoms with van der Waals surface area (Å²) in [4.78, 5) is 5.55. The van der Waals surface area contributed by atoms with Gasteiger partial charge in [0.05, 0.1) is 6.17 Å². The van der Waals surface area contributed by atoms with Crippen LogP contribution in [0.2, 0.25) is 0 Å². The fourth-order valence-corrected chi connectivity index (χ4v) is 5.30. The maximum Gasteiger partial charge on any atom is 0.243 e. The number of pyridine rings is 1. The predicted molar refractivity (Wildman–Crippen MR) is 103 cm³/mol. The molecule has 4 rings (SSSR count). The highest BCUT2D eigenvalue weighted by Gasteiger charge is 2.34. The summed E-state index contributed by atoms with van der Waals surface area (Å²) >= 11 is 0. The SMILES string of the molecule is O=S(=O)(NC1CCCN(C2CC(c3ccncc3)NN2)C1)c1cc(F)ccc1F. The summed E-state index contributed by atoms with van der Waals surface area (Å²) in [5.74, 6) is -1.76. The van der Waals surface area contributed by atoms with Crippen molar-refractivity contribution in [1.29, 1.82) is 0 Å². The van der Waals surface area contributed by atoms with Crippen LogP contribution >= 0.6 is 0 Å². The minimum atomic E-state index is -4.15. The zero-order valence-corrected chi connectivity index (χ0v) is 16.5. The highest BCUT2D eigenvalue weighted by molar-refractivity contribution is 7.89. The molecule has 7 nitrogen and oxygen atoms in total.